The van der Waals surface area contributed by atoms with Gasteiger partial charge in [-0.2, -0.15) is 0 Å². The van der Waals surface area contributed by atoms with E-state index in [1.807, 2.05) is 11.3 Å². The third-order valence-corrected chi connectivity index (χ3v) is 24.6. The number of thiophene rings is 1. The van der Waals surface area contributed by atoms with Gasteiger partial charge >= 0.3 is 0 Å². The molecule has 4 nitrogen and oxygen atoms in total. The van der Waals surface area contributed by atoms with Crippen LogP contribution in [0.5, 0.6) is 0 Å². The van der Waals surface area contributed by atoms with Crippen molar-refractivity contribution in [3.8, 4) is 83.6 Å². The van der Waals surface area contributed by atoms with Crippen LogP contribution in [0, 0.1) is 0 Å². The Morgan fingerprint density at radius 2 is 0.682 bits per heavy atom. The Bertz CT molecular complexity index is 7140. The molecule has 0 unspecified atom stereocenters. The molecule has 0 spiro atoms. The van der Waals surface area contributed by atoms with Crippen molar-refractivity contribution in [2.75, 3.05) is 9.80 Å². The molecule has 0 fully saturated rings. The summed E-state index contributed by atoms with van der Waals surface area (Å²) in [4.78, 5) is 5.39. The lowest BCUT2D eigenvalue weighted by atomic mass is 9.33. The van der Waals surface area contributed by atoms with E-state index in [0.29, 0.717) is 0 Å². The van der Waals surface area contributed by atoms with Gasteiger partial charge in [-0.15, -0.1) is 11.3 Å². The van der Waals surface area contributed by atoms with Crippen molar-refractivity contribution < 1.29 is 4.42 Å². The van der Waals surface area contributed by atoms with Crippen molar-refractivity contribution in [1.29, 1.82) is 0 Å². The van der Waals surface area contributed by atoms with Gasteiger partial charge in [0.25, 0.3) is 6.71 Å². The number of fused-ring (bicyclic) bond motifs is 15. The van der Waals surface area contributed by atoms with E-state index in [1.165, 1.54) is 64.0 Å². The Balaban J connectivity index is 0.892. The zero-order valence-electron chi connectivity index (χ0n) is 59.7. The zero-order valence-corrected chi connectivity index (χ0v) is 60.5. The summed E-state index contributed by atoms with van der Waals surface area (Å²) >= 11 is 1.89. The number of hydrogen-bond donors (Lipinski definition) is 0. The van der Waals surface area contributed by atoms with Crippen molar-refractivity contribution in [2.45, 2.75) is 0 Å². The van der Waals surface area contributed by atoms with E-state index in [1.54, 1.807) is 0 Å². The van der Waals surface area contributed by atoms with Crippen molar-refractivity contribution in [2.24, 2.45) is 0 Å². The van der Waals surface area contributed by atoms with Crippen LogP contribution >= 0.6 is 11.3 Å². The predicted octanol–water partition coefficient (Wildman–Crippen LogP) is 27.1. The second-order valence-corrected chi connectivity index (χ2v) is 30.2. The maximum Gasteiger partial charge on any atom is 0.252 e. The minimum Gasteiger partial charge on any atom is -0.455 e. The van der Waals surface area contributed by atoms with E-state index < -0.39 is 0 Å². The molecular formula is C104H64BN3OS. The van der Waals surface area contributed by atoms with Gasteiger partial charge < -0.3 is 18.8 Å². The van der Waals surface area contributed by atoms with Gasteiger partial charge in [0.2, 0.25) is 0 Å². The van der Waals surface area contributed by atoms with Crippen LogP contribution in [0.1, 0.15) is 0 Å². The number of benzene rings is 18. The first-order valence-corrected chi connectivity index (χ1v) is 38.7. The van der Waals surface area contributed by atoms with Gasteiger partial charge in [0.1, 0.15) is 11.2 Å². The van der Waals surface area contributed by atoms with Crippen molar-refractivity contribution >= 4 is 154 Å². The van der Waals surface area contributed by atoms with Gasteiger partial charge in [-0.25, -0.2) is 0 Å². The molecule has 0 amide bonds. The van der Waals surface area contributed by atoms with E-state index >= 15 is 0 Å². The molecular weight excluding hydrogens is 1350 g/mol. The van der Waals surface area contributed by atoms with Gasteiger partial charge in [-0.1, -0.05) is 340 Å². The van der Waals surface area contributed by atoms with E-state index in [0.717, 1.165) is 156 Å². The second kappa shape index (κ2) is 24.8. The SMILES string of the molecule is c1ccc(-c2cccc(-c3ccccc3)c2N2c3ccc(-c4cccc5c4sc4ccccc45)cc3B3c4ccc(-c5c6ccccc6c(-c6cccc7c6oc6ccccc67)c6ccccc56)cc4N(c4c(-c5ccccc5)cccc4-c4ccccc4)c4cc(-n5c6ccccc6c6ccccc65)cc2c43)cc1. The number of aromatic nitrogens is 1. The number of furan rings is 1. The highest BCUT2D eigenvalue weighted by Crippen LogP contribution is 2.56. The summed E-state index contributed by atoms with van der Waals surface area (Å²) in [6, 6.07) is 145. The molecule has 510 valence electrons. The molecule has 23 rings (SSSR count). The van der Waals surface area contributed by atoms with Gasteiger partial charge in [0.05, 0.1) is 28.1 Å². The number of anilines is 6. The molecule has 2 aliphatic rings. The Hall–Kier alpha value is -14.0. The molecule has 110 heavy (non-hydrogen) atoms. The number of para-hydroxylation sites is 6. The molecule has 0 saturated carbocycles. The summed E-state index contributed by atoms with van der Waals surface area (Å²) in [7, 11) is 0. The summed E-state index contributed by atoms with van der Waals surface area (Å²) < 4.78 is 12.1. The number of rotatable bonds is 10. The molecule has 0 atom stereocenters. The molecule has 3 aromatic heterocycles. The van der Waals surface area contributed by atoms with Crippen LogP contribution in [0.25, 0.3) is 169 Å². The monoisotopic (exact) mass is 1410 g/mol. The molecule has 0 bridgehead atoms. The average molecular weight is 1410 g/mol. The predicted molar refractivity (Wildman–Crippen MR) is 468 cm³/mol. The van der Waals surface area contributed by atoms with Gasteiger partial charge in [-0.3, -0.25) is 0 Å². The molecule has 0 saturated heterocycles. The zero-order chi connectivity index (χ0) is 72.1. The lowest BCUT2D eigenvalue weighted by Gasteiger charge is -2.46. The molecule has 2 aliphatic heterocycles. The topological polar surface area (TPSA) is 24.6 Å². The Morgan fingerprint density at radius 1 is 0.255 bits per heavy atom. The molecule has 0 N–H and O–H groups in total. The third-order valence-electron chi connectivity index (χ3n) is 23.4. The van der Waals surface area contributed by atoms with Crippen LogP contribution < -0.4 is 26.2 Å². The first kappa shape index (κ1) is 62.2. The summed E-state index contributed by atoms with van der Waals surface area (Å²) in [5.74, 6) is 0. The van der Waals surface area contributed by atoms with Crippen molar-refractivity contribution in [1.82, 2.24) is 4.57 Å². The standard InChI is InChI=1S/C104H64BN3OS/c1-5-29-65(30-6-1)72-45-25-46-73(66-31-7-2-8-32-66)101(72)107-92-60-58-69(76-49-27-51-86-80-40-20-24-56-97(80)110-104(76)86)61-89(92)105-88-59-57-70(98-81-41-13-15-43-83(81)99(84-44-16-14-42-82(84)98)87-52-28-50-85-79-39-19-23-55-96(79)109-103(85)87)62-93(88)108(102-74(67-33-9-3-10-34-67)47-26-48-75(102)68-35-11-4-12-36-68)95-64-71(63-94(107)100(95)105)106-90-53-21-17-37-77(90)78-38-18-22-54-91(78)106/h1-64H. The Kier molecular flexibility index (Phi) is 14.0. The minimum atomic E-state index is -0.311. The molecule has 0 aliphatic carbocycles. The van der Waals surface area contributed by atoms with Crippen LogP contribution in [-0.4, -0.2) is 11.3 Å². The largest absolute Gasteiger partial charge is 0.455 e. The maximum absolute atomic E-state index is 6.95. The van der Waals surface area contributed by atoms with Crippen LogP contribution in [-0.2, 0) is 0 Å². The van der Waals surface area contributed by atoms with E-state index in [9.17, 15) is 0 Å². The molecule has 6 heteroatoms. The second-order valence-electron chi connectivity index (χ2n) is 29.2. The Labute approximate surface area is 640 Å². The van der Waals surface area contributed by atoms with Crippen LogP contribution in [0.3, 0.4) is 0 Å². The summed E-state index contributed by atoms with van der Waals surface area (Å²) in [5.41, 5.74) is 31.2. The highest BCUT2D eigenvalue weighted by molar-refractivity contribution is 7.26. The van der Waals surface area contributed by atoms with E-state index in [2.05, 4.69) is 403 Å². The quantitative estimate of drug-likeness (QED) is 0.101. The fraction of sp³-hybridized carbons (Fsp3) is 0. The molecule has 21 aromatic rings. The average Bonchev–Trinajstić information content (AvgIpc) is 0.688. The van der Waals surface area contributed by atoms with Crippen molar-refractivity contribution in [3.63, 3.8) is 0 Å². The molecule has 0 radical (unpaired) electrons. The van der Waals surface area contributed by atoms with Crippen molar-refractivity contribution in [3.05, 3.63) is 388 Å². The van der Waals surface area contributed by atoms with Crippen LogP contribution in [0.15, 0.2) is 393 Å². The van der Waals surface area contributed by atoms with E-state index in [-0.39, 0.29) is 6.71 Å². The maximum atomic E-state index is 6.95. The van der Waals surface area contributed by atoms with Gasteiger partial charge in [0.15, 0.2) is 0 Å². The summed E-state index contributed by atoms with van der Waals surface area (Å²) in [5, 5.41) is 11.8. The number of hydrogen-bond acceptors (Lipinski definition) is 4. The molecule has 18 aromatic carbocycles. The molecule has 5 heterocycles. The van der Waals surface area contributed by atoms with Crippen LogP contribution in [0.4, 0.5) is 34.1 Å². The highest BCUT2D eigenvalue weighted by Gasteiger charge is 2.46. The summed E-state index contributed by atoms with van der Waals surface area (Å²) in [6.45, 7) is -0.311. The fourth-order valence-electron chi connectivity index (χ4n) is 18.7. The first-order valence-electron chi connectivity index (χ1n) is 37.9. The highest BCUT2D eigenvalue weighted by atomic mass is 32.1. The third kappa shape index (κ3) is 9.40. The lowest BCUT2D eigenvalue weighted by molar-refractivity contribution is 0.670. The van der Waals surface area contributed by atoms with Crippen LogP contribution in [0.2, 0.25) is 0 Å². The smallest absolute Gasteiger partial charge is 0.252 e. The summed E-state index contributed by atoms with van der Waals surface area (Å²) in [6.07, 6.45) is 0. The normalized spacial score (nSPS) is 12.5. The number of nitrogens with zero attached hydrogens (tertiary/aromatic N) is 3. The van der Waals surface area contributed by atoms with Gasteiger partial charge in [-0.05, 0) is 131 Å². The minimum absolute atomic E-state index is 0.311. The first-order chi connectivity index (χ1) is 54.6. The fourth-order valence-corrected chi connectivity index (χ4v) is 20.0. The van der Waals surface area contributed by atoms with Gasteiger partial charge in [0, 0.05) is 97.8 Å². The van der Waals surface area contributed by atoms with E-state index in [4.69, 9.17) is 4.42 Å². The lowest BCUT2D eigenvalue weighted by Crippen LogP contribution is -2.61. The Morgan fingerprint density at radius 3 is 1.25 bits per heavy atom.